The van der Waals surface area contributed by atoms with Gasteiger partial charge >= 0.3 is 5.97 Å². The van der Waals surface area contributed by atoms with Crippen LogP contribution < -0.4 is 20.2 Å². The molecule has 0 atom stereocenters. The van der Waals surface area contributed by atoms with Gasteiger partial charge in [0.05, 0.1) is 18.9 Å². The van der Waals surface area contributed by atoms with Crippen molar-refractivity contribution in [3.8, 4) is 11.5 Å². The molecule has 0 radical (unpaired) electrons. The Labute approximate surface area is 158 Å². The highest BCUT2D eigenvalue weighted by Gasteiger charge is 2.12. The van der Waals surface area contributed by atoms with E-state index in [1.807, 2.05) is 26.0 Å². The monoisotopic (exact) mass is 371 g/mol. The number of aryl methyl sites for hydroxylation is 1. The van der Waals surface area contributed by atoms with Gasteiger partial charge in [-0.25, -0.2) is 4.79 Å². The SMILES string of the molecule is CCNC(=S)N/N=C\c1ccc(OC(=O)c2ccc(C)cc2)c(OC)c1. The van der Waals surface area contributed by atoms with E-state index in [0.29, 0.717) is 22.2 Å². The molecule has 0 heterocycles. The van der Waals surface area contributed by atoms with Gasteiger partial charge in [-0.1, -0.05) is 17.7 Å². The molecule has 2 aromatic rings. The summed E-state index contributed by atoms with van der Waals surface area (Å²) in [6.45, 7) is 4.62. The van der Waals surface area contributed by atoms with Gasteiger partial charge in [0.15, 0.2) is 16.6 Å². The topological polar surface area (TPSA) is 72.0 Å². The van der Waals surface area contributed by atoms with E-state index < -0.39 is 5.97 Å². The van der Waals surface area contributed by atoms with E-state index in [4.69, 9.17) is 21.7 Å². The van der Waals surface area contributed by atoms with Crippen LogP contribution in [0.3, 0.4) is 0 Å². The van der Waals surface area contributed by atoms with Crippen LogP contribution in [-0.4, -0.2) is 31.0 Å². The van der Waals surface area contributed by atoms with Gasteiger partial charge < -0.3 is 14.8 Å². The molecule has 0 spiro atoms. The molecule has 0 saturated carbocycles. The standard InChI is InChI=1S/C19H21N3O3S/c1-4-20-19(26)22-21-12-14-7-10-16(17(11-14)24-3)25-18(23)15-8-5-13(2)6-9-15/h5-12H,4H2,1-3H3,(H2,20,22,26)/b21-12-. The van der Waals surface area contributed by atoms with Crippen molar-refractivity contribution in [1.29, 1.82) is 0 Å². The number of thiocarbonyl (C=S) groups is 1. The number of carbonyl (C=O) groups is 1. The summed E-state index contributed by atoms with van der Waals surface area (Å²) >= 11 is 5.02. The lowest BCUT2D eigenvalue weighted by molar-refractivity contribution is 0.0729. The zero-order valence-corrected chi connectivity index (χ0v) is 15.7. The maximum Gasteiger partial charge on any atom is 0.343 e. The normalized spacial score (nSPS) is 10.4. The summed E-state index contributed by atoms with van der Waals surface area (Å²) in [5.74, 6) is 0.331. The number of rotatable bonds is 6. The first-order chi connectivity index (χ1) is 12.5. The number of hydrogen-bond donors (Lipinski definition) is 2. The van der Waals surface area contributed by atoms with Crippen LogP contribution in [0.4, 0.5) is 0 Å². The number of carbonyl (C=O) groups excluding carboxylic acids is 1. The minimum atomic E-state index is -0.442. The maximum absolute atomic E-state index is 12.3. The largest absolute Gasteiger partial charge is 0.493 e. The number of hydrogen-bond acceptors (Lipinski definition) is 5. The molecule has 0 unspecified atom stereocenters. The first kappa shape index (κ1) is 19.4. The fourth-order valence-corrected chi connectivity index (χ4v) is 2.26. The Hall–Kier alpha value is -2.93. The summed E-state index contributed by atoms with van der Waals surface area (Å²) < 4.78 is 10.7. The van der Waals surface area contributed by atoms with Crippen LogP contribution in [-0.2, 0) is 0 Å². The van der Waals surface area contributed by atoms with Crippen LogP contribution in [0, 0.1) is 6.92 Å². The molecule has 26 heavy (non-hydrogen) atoms. The third-order valence-electron chi connectivity index (χ3n) is 3.39. The second-order valence-electron chi connectivity index (χ2n) is 5.40. The molecule has 0 saturated heterocycles. The zero-order valence-electron chi connectivity index (χ0n) is 14.9. The van der Waals surface area contributed by atoms with Crippen LogP contribution in [0.15, 0.2) is 47.6 Å². The number of ether oxygens (including phenoxy) is 2. The van der Waals surface area contributed by atoms with Crippen molar-refractivity contribution in [1.82, 2.24) is 10.7 Å². The van der Waals surface area contributed by atoms with Gasteiger partial charge in [0, 0.05) is 6.54 Å². The Bertz CT molecular complexity index is 804. The number of benzene rings is 2. The van der Waals surface area contributed by atoms with Gasteiger partial charge in [0.25, 0.3) is 0 Å². The minimum absolute atomic E-state index is 0.339. The van der Waals surface area contributed by atoms with E-state index in [1.54, 1.807) is 36.5 Å². The molecular formula is C19H21N3O3S. The smallest absolute Gasteiger partial charge is 0.343 e. The summed E-state index contributed by atoms with van der Waals surface area (Å²) in [4.78, 5) is 12.3. The zero-order chi connectivity index (χ0) is 18.9. The minimum Gasteiger partial charge on any atom is -0.493 e. The molecule has 0 fully saturated rings. The van der Waals surface area contributed by atoms with Gasteiger partial charge in [-0.05, 0) is 62.0 Å². The second kappa shape index (κ2) is 9.53. The Morgan fingerprint density at radius 1 is 1.19 bits per heavy atom. The van der Waals surface area contributed by atoms with Crippen molar-refractivity contribution in [2.45, 2.75) is 13.8 Å². The predicted octanol–water partition coefficient (Wildman–Crippen LogP) is 3.04. The molecule has 0 bridgehead atoms. The molecule has 0 amide bonds. The Morgan fingerprint density at radius 2 is 1.92 bits per heavy atom. The van der Waals surface area contributed by atoms with Crippen LogP contribution in [0.2, 0.25) is 0 Å². The van der Waals surface area contributed by atoms with Crippen molar-refractivity contribution < 1.29 is 14.3 Å². The molecular weight excluding hydrogens is 350 g/mol. The molecule has 0 aliphatic heterocycles. The number of nitrogens with zero attached hydrogens (tertiary/aromatic N) is 1. The average molecular weight is 371 g/mol. The summed E-state index contributed by atoms with van der Waals surface area (Å²) in [7, 11) is 1.51. The fourth-order valence-electron chi connectivity index (χ4n) is 2.06. The Balaban J connectivity index is 2.08. The highest BCUT2D eigenvalue weighted by atomic mass is 32.1. The van der Waals surface area contributed by atoms with Crippen LogP contribution in [0.1, 0.15) is 28.4 Å². The van der Waals surface area contributed by atoms with Crippen molar-refractivity contribution >= 4 is 29.5 Å². The van der Waals surface area contributed by atoms with E-state index in [1.165, 1.54) is 7.11 Å². The van der Waals surface area contributed by atoms with E-state index in [2.05, 4.69) is 15.8 Å². The Morgan fingerprint density at radius 3 is 2.58 bits per heavy atom. The average Bonchev–Trinajstić information content (AvgIpc) is 2.63. The second-order valence-corrected chi connectivity index (χ2v) is 5.80. The van der Waals surface area contributed by atoms with Gasteiger partial charge in [-0.2, -0.15) is 5.10 Å². The van der Waals surface area contributed by atoms with Crippen molar-refractivity contribution in [2.24, 2.45) is 5.10 Å². The summed E-state index contributed by atoms with van der Waals surface area (Å²) in [5, 5.41) is 7.41. The molecule has 7 heteroatoms. The lowest BCUT2D eigenvalue weighted by atomic mass is 10.1. The molecule has 6 nitrogen and oxygen atoms in total. The van der Waals surface area contributed by atoms with Crippen LogP contribution in [0.25, 0.3) is 0 Å². The first-order valence-corrected chi connectivity index (χ1v) is 8.48. The number of methoxy groups -OCH3 is 1. The summed E-state index contributed by atoms with van der Waals surface area (Å²) in [5.41, 5.74) is 5.02. The lowest BCUT2D eigenvalue weighted by Gasteiger charge is -2.10. The van der Waals surface area contributed by atoms with Gasteiger partial charge in [0.2, 0.25) is 0 Å². The third kappa shape index (κ3) is 5.56. The van der Waals surface area contributed by atoms with Crippen LogP contribution in [0.5, 0.6) is 11.5 Å². The van der Waals surface area contributed by atoms with Crippen molar-refractivity contribution in [2.75, 3.05) is 13.7 Å². The fraction of sp³-hybridized carbons (Fsp3) is 0.211. The molecule has 2 rings (SSSR count). The van der Waals surface area contributed by atoms with Gasteiger partial charge in [-0.3, -0.25) is 5.43 Å². The lowest BCUT2D eigenvalue weighted by Crippen LogP contribution is -2.31. The maximum atomic E-state index is 12.3. The molecule has 0 aliphatic carbocycles. The highest BCUT2D eigenvalue weighted by molar-refractivity contribution is 7.80. The van der Waals surface area contributed by atoms with E-state index in [9.17, 15) is 4.79 Å². The summed E-state index contributed by atoms with van der Waals surface area (Å²) in [6.07, 6.45) is 1.59. The number of hydrazone groups is 1. The highest BCUT2D eigenvalue weighted by Crippen LogP contribution is 2.28. The summed E-state index contributed by atoms with van der Waals surface area (Å²) in [6, 6.07) is 12.3. The van der Waals surface area contributed by atoms with Gasteiger partial charge in [0.1, 0.15) is 0 Å². The molecule has 136 valence electrons. The number of esters is 1. The van der Waals surface area contributed by atoms with Crippen molar-refractivity contribution in [3.05, 3.63) is 59.2 Å². The molecule has 2 aromatic carbocycles. The first-order valence-electron chi connectivity index (χ1n) is 8.07. The van der Waals surface area contributed by atoms with E-state index >= 15 is 0 Å². The molecule has 0 aliphatic rings. The van der Waals surface area contributed by atoms with E-state index in [-0.39, 0.29) is 0 Å². The van der Waals surface area contributed by atoms with Gasteiger partial charge in [-0.15, -0.1) is 0 Å². The third-order valence-corrected chi connectivity index (χ3v) is 3.63. The predicted molar refractivity (Wildman–Crippen MR) is 106 cm³/mol. The quantitative estimate of drug-likeness (QED) is 0.267. The Kier molecular flexibility index (Phi) is 7.11. The molecule has 0 aromatic heterocycles. The van der Waals surface area contributed by atoms with Crippen molar-refractivity contribution in [3.63, 3.8) is 0 Å². The number of nitrogens with one attached hydrogen (secondary N) is 2. The molecule has 2 N–H and O–H groups in total. The van der Waals surface area contributed by atoms with Crippen LogP contribution >= 0.6 is 12.2 Å². The van der Waals surface area contributed by atoms with E-state index in [0.717, 1.165) is 17.7 Å².